The smallest absolute Gasteiger partial charge is 0.271 e. The Morgan fingerprint density at radius 3 is 2.31 bits per heavy atom. The molecule has 2 rings (SSSR count). The van der Waals surface area contributed by atoms with Gasteiger partial charge < -0.3 is 24.7 Å². The van der Waals surface area contributed by atoms with Crippen molar-refractivity contribution in [1.82, 2.24) is 4.42 Å². The number of benzene rings is 2. The third-order valence-corrected chi connectivity index (χ3v) is 5.08. The second kappa shape index (κ2) is 14.6. The summed E-state index contributed by atoms with van der Waals surface area (Å²) in [6, 6.07) is 8.63. The van der Waals surface area contributed by atoms with Gasteiger partial charge in [0.1, 0.15) is 18.3 Å². The van der Waals surface area contributed by atoms with Gasteiger partial charge in [0.15, 0.2) is 17.7 Å². The normalized spacial score (nSPS) is 11.8. The van der Waals surface area contributed by atoms with Crippen molar-refractivity contribution in [2.75, 3.05) is 39.6 Å². The molecule has 0 fully saturated rings. The van der Waals surface area contributed by atoms with E-state index >= 15 is 4.39 Å². The van der Waals surface area contributed by atoms with E-state index in [2.05, 4.69) is 0 Å². The molecule has 0 aliphatic rings. The summed E-state index contributed by atoms with van der Waals surface area (Å²) in [5, 5.41) is 7.44. The molecule has 11 heteroatoms. The van der Waals surface area contributed by atoms with E-state index in [-0.39, 0.29) is 38.0 Å². The van der Waals surface area contributed by atoms with Gasteiger partial charge in [-0.2, -0.15) is 0 Å². The van der Waals surface area contributed by atoms with Gasteiger partial charge in [-0.05, 0) is 31.5 Å². The van der Waals surface area contributed by atoms with Crippen molar-refractivity contribution in [2.45, 2.75) is 26.5 Å². The van der Waals surface area contributed by atoms with Gasteiger partial charge in [-0.25, -0.2) is 13.2 Å². The molecule has 1 atom stereocenters. The van der Waals surface area contributed by atoms with Gasteiger partial charge >= 0.3 is 0 Å². The summed E-state index contributed by atoms with van der Waals surface area (Å²) >= 11 is 6.18. The first kappa shape index (κ1) is 28.4. The van der Waals surface area contributed by atoms with E-state index < -0.39 is 29.2 Å². The number of nitrogen functional groups attached to an aromatic ring is 1. The fourth-order valence-electron chi connectivity index (χ4n) is 3.08. The molecule has 1 unspecified atom stereocenters. The van der Waals surface area contributed by atoms with Crippen LogP contribution in [-0.4, -0.2) is 55.8 Å². The predicted octanol–water partition coefficient (Wildman–Crippen LogP) is 3.94. The van der Waals surface area contributed by atoms with Crippen LogP contribution in [0, 0.1) is 17.0 Å². The maximum absolute atomic E-state index is 15.2. The average molecular weight is 514 g/mol. The molecule has 0 aliphatic heterocycles. The van der Waals surface area contributed by atoms with Gasteiger partial charge in [0.05, 0.1) is 31.9 Å². The van der Waals surface area contributed by atoms with E-state index in [1.165, 1.54) is 0 Å². The number of nitrogens with zero attached hydrogens (tertiary/aromatic N) is 1. The first-order valence-electron chi connectivity index (χ1n) is 11.1. The van der Waals surface area contributed by atoms with Gasteiger partial charge in [-0.3, -0.25) is 10.2 Å². The number of ether oxygens (including phenoxy) is 4. The quantitative estimate of drug-likeness (QED) is 0.162. The molecule has 2 aromatic rings. The minimum absolute atomic E-state index is 0.00603. The number of amides is 1. The molecule has 0 saturated heterocycles. The Bertz CT molecular complexity index is 978. The summed E-state index contributed by atoms with van der Waals surface area (Å²) in [5.41, 5.74) is 5.97. The van der Waals surface area contributed by atoms with Crippen molar-refractivity contribution >= 4 is 23.5 Å². The third-order valence-electron chi connectivity index (χ3n) is 4.80. The second-order valence-electron chi connectivity index (χ2n) is 7.24. The number of halogens is 3. The predicted molar refractivity (Wildman–Crippen MR) is 127 cm³/mol. The molecule has 35 heavy (non-hydrogen) atoms. The van der Waals surface area contributed by atoms with Crippen LogP contribution in [0.25, 0.3) is 0 Å². The Labute approximate surface area is 208 Å². The van der Waals surface area contributed by atoms with E-state index in [1.54, 1.807) is 31.2 Å². The fourth-order valence-corrected chi connectivity index (χ4v) is 3.30. The van der Waals surface area contributed by atoms with Crippen molar-refractivity contribution in [2.24, 2.45) is 5.73 Å². The zero-order valence-electron chi connectivity index (χ0n) is 19.7. The number of amidine groups is 1. The molecule has 0 heterocycles. The number of rotatable bonds is 15. The number of nitrogens with two attached hydrogens (primary N) is 1. The minimum atomic E-state index is -1.63. The molecule has 3 N–H and O–H groups in total. The number of carbonyl (C=O) groups is 1. The summed E-state index contributed by atoms with van der Waals surface area (Å²) in [7, 11) is 0. The number of hydrogen-bond donors (Lipinski definition) is 2. The summed E-state index contributed by atoms with van der Waals surface area (Å²) in [6.45, 7) is 4.95. The summed E-state index contributed by atoms with van der Waals surface area (Å²) in [4.78, 5) is 13.0. The van der Waals surface area contributed by atoms with E-state index in [0.717, 1.165) is 16.6 Å². The number of nitrogens with one attached hydrogen (secondary N) is 1. The van der Waals surface area contributed by atoms with Gasteiger partial charge in [0, 0.05) is 30.6 Å². The van der Waals surface area contributed by atoms with Gasteiger partial charge in [-0.15, -0.1) is 0 Å². The van der Waals surface area contributed by atoms with Crippen molar-refractivity contribution in [3.05, 3.63) is 64.7 Å². The Morgan fingerprint density at radius 2 is 1.69 bits per heavy atom. The molecule has 0 aliphatic carbocycles. The minimum Gasteiger partial charge on any atom is -0.488 e. The van der Waals surface area contributed by atoms with Crippen LogP contribution >= 0.6 is 11.8 Å². The largest absolute Gasteiger partial charge is 0.488 e. The van der Waals surface area contributed by atoms with Crippen LogP contribution < -0.4 is 10.5 Å². The lowest BCUT2D eigenvalue weighted by Gasteiger charge is -2.23. The molecular weight excluding hydrogens is 484 g/mol. The Morgan fingerprint density at radius 1 is 1.03 bits per heavy atom. The Balaban J connectivity index is 2.12. The monoisotopic (exact) mass is 513 g/mol. The SMILES string of the molecule is CCOCCOCCOc1ccc(F)c(C(OCC)C(=O)N(Cl)Cc2ccc(C(=N)N)cc2)c1F. The molecule has 2 aromatic carbocycles. The van der Waals surface area contributed by atoms with Crippen LogP contribution in [0.4, 0.5) is 8.78 Å². The van der Waals surface area contributed by atoms with Crippen molar-refractivity contribution < 1.29 is 32.5 Å². The lowest BCUT2D eigenvalue weighted by Crippen LogP contribution is -2.30. The van der Waals surface area contributed by atoms with Gasteiger partial charge in [0.25, 0.3) is 5.91 Å². The molecule has 8 nitrogen and oxygen atoms in total. The van der Waals surface area contributed by atoms with Gasteiger partial charge in [0.2, 0.25) is 0 Å². The fraction of sp³-hybridized carbons (Fsp3) is 0.417. The standard InChI is InChI=1S/C24H30ClF2N3O5/c1-3-32-11-12-33-13-14-35-19-10-9-18(26)20(21(19)27)22(34-4-2)24(31)30(25)15-16-5-7-17(8-6-16)23(28)29/h5-10,22H,3-4,11-15H2,1-2H3,(H3,28,29). The van der Waals surface area contributed by atoms with E-state index in [0.29, 0.717) is 30.9 Å². The Hall–Kier alpha value is -2.79. The zero-order chi connectivity index (χ0) is 25.8. The van der Waals surface area contributed by atoms with E-state index in [1.807, 2.05) is 6.92 Å². The highest BCUT2D eigenvalue weighted by Gasteiger charge is 2.32. The van der Waals surface area contributed by atoms with Crippen LogP contribution in [0.15, 0.2) is 36.4 Å². The third kappa shape index (κ3) is 8.43. The lowest BCUT2D eigenvalue weighted by molar-refractivity contribution is -0.139. The molecule has 0 bridgehead atoms. The number of hydrogen-bond acceptors (Lipinski definition) is 6. The van der Waals surface area contributed by atoms with Gasteiger partial charge in [-0.1, -0.05) is 24.3 Å². The van der Waals surface area contributed by atoms with Crippen molar-refractivity contribution in [1.29, 1.82) is 5.41 Å². The molecule has 0 aromatic heterocycles. The lowest BCUT2D eigenvalue weighted by atomic mass is 10.1. The molecule has 0 spiro atoms. The van der Waals surface area contributed by atoms with Crippen LogP contribution in [0.1, 0.15) is 36.6 Å². The summed E-state index contributed by atoms with van der Waals surface area (Å²) < 4.78 is 51.9. The van der Waals surface area contributed by atoms with E-state index in [9.17, 15) is 9.18 Å². The average Bonchev–Trinajstić information content (AvgIpc) is 2.84. The second-order valence-corrected chi connectivity index (χ2v) is 7.64. The van der Waals surface area contributed by atoms with Crippen molar-refractivity contribution in [3.8, 4) is 5.75 Å². The highest BCUT2D eigenvalue weighted by molar-refractivity contribution is 6.21. The van der Waals surface area contributed by atoms with Crippen LogP contribution in [0.3, 0.4) is 0 Å². The first-order chi connectivity index (χ1) is 16.8. The highest BCUT2D eigenvalue weighted by Crippen LogP contribution is 2.32. The topological polar surface area (TPSA) is 107 Å². The summed E-state index contributed by atoms with van der Waals surface area (Å²) in [6.07, 6.45) is -1.63. The molecule has 192 valence electrons. The van der Waals surface area contributed by atoms with Crippen LogP contribution in [0.5, 0.6) is 5.75 Å². The molecule has 0 radical (unpaired) electrons. The zero-order valence-corrected chi connectivity index (χ0v) is 20.4. The first-order valence-corrected chi connectivity index (χ1v) is 11.4. The molecule has 1 amide bonds. The maximum atomic E-state index is 15.2. The molecule has 0 saturated carbocycles. The summed E-state index contributed by atoms with van der Waals surface area (Å²) in [5.74, 6) is -3.21. The Kier molecular flexibility index (Phi) is 11.8. The number of carbonyl (C=O) groups excluding carboxylic acids is 1. The van der Waals surface area contributed by atoms with E-state index in [4.69, 9.17) is 41.9 Å². The maximum Gasteiger partial charge on any atom is 0.271 e. The van der Waals surface area contributed by atoms with Crippen molar-refractivity contribution in [3.63, 3.8) is 0 Å². The molecular formula is C24H30ClF2N3O5. The van der Waals surface area contributed by atoms with Crippen LogP contribution in [-0.2, 0) is 25.5 Å². The highest BCUT2D eigenvalue weighted by atomic mass is 35.5. The van der Waals surface area contributed by atoms with Crippen LogP contribution in [0.2, 0.25) is 0 Å².